The molecule has 1 aromatic rings. The first-order valence-corrected chi connectivity index (χ1v) is 5.20. The van der Waals surface area contributed by atoms with Crippen LogP contribution in [0.1, 0.15) is 40.3 Å². The maximum absolute atomic E-state index is 11.5. The number of hydrogen-bond acceptors (Lipinski definition) is 4. The third-order valence-corrected chi connectivity index (χ3v) is 2.33. The number of aryl methyl sites for hydroxylation is 1. The van der Waals surface area contributed by atoms with Gasteiger partial charge in [-0.05, 0) is 26.8 Å². The minimum Gasteiger partial charge on any atom is -0.462 e. The average Bonchev–Trinajstić information content (AvgIpc) is 2.17. The monoisotopic (exact) mass is 241 g/mol. The van der Waals surface area contributed by atoms with Gasteiger partial charge in [-0.3, -0.25) is 4.79 Å². The summed E-state index contributed by atoms with van der Waals surface area (Å²) in [4.78, 5) is 26.7. The van der Waals surface area contributed by atoms with E-state index in [1.807, 2.05) is 0 Å². The van der Waals surface area contributed by atoms with Gasteiger partial charge in [-0.15, -0.1) is 0 Å². The zero-order valence-electron chi connectivity index (χ0n) is 9.33. The Morgan fingerprint density at radius 1 is 1.44 bits per heavy atom. The van der Waals surface area contributed by atoms with E-state index in [0.717, 1.165) is 0 Å². The number of halogens is 1. The lowest BCUT2D eigenvalue weighted by Crippen LogP contribution is -2.10. The van der Waals surface area contributed by atoms with Crippen LogP contribution in [0.25, 0.3) is 0 Å². The lowest BCUT2D eigenvalue weighted by atomic mass is 10.1. The summed E-state index contributed by atoms with van der Waals surface area (Å²) < 4.78 is 4.85. The molecule has 16 heavy (non-hydrogen) atoms. The molecule has 1 rings (SSSR count). The molecule has 0 aliphatic carbocycles. The Balaban J connectivity index is 3.24. The zero-order valence-corrected chi connectivity index (χ0v) is 10.1. The van der Waals surface area contributed by atoms with Crippen LogP contribution in [0, 0.1) is 6.92 Å². The summed E-state index contributed by atoms with van der Waals surface area (Å²) >= 11 is 5.79. The minimum absolute atomic E-state index is 0.109. The van der Waals surface area contributed by atoms with Crippen molar-refractivity contribution < 1.29 is 14.3 Å². The molecular weight excluding hydrogens is 230 g/mol. The van der Waals surface area contributed by atoms with Gasteiger partial charge in [0, 0.05) is 0 Å². The predicted molar refractivity (Wildman–Crippen MR) is 59.9 cm³/mol. The van der Waals surface area contributed by atoms with Crippen LogP contribution in [0.2, 0.25) is 5.15 Å². The molecule has 1 aromatic heterocycles. The molecule has 0 bridgehead atoms. The molecule has 0 saturated carbocycles. The summed E-state index contributed by atoms with van der Waals surface area (Å²) in [5.74, 6) is -0.727. The van der Waals surface area contributed by atoms with Crippen LogP contribution < -0.4 is 0 Å². The number of Topliss-reactive ketones (excluding diaryl/α,β-unsaturated/α-hetero) is 1. The van der Waals surface area contributed by atoms with Crippen LogP contribution in [-0.4, -0.2) is 23.3 Å². The highest BCUT2D eigenvalue weighted by Crippen LogP contribution is 2.18. The average molecular weight is 242 g/mol. The van der Waals surface area contributed by atoms with Crippen LogP contribution in [0.4, 0.5) is 0 Å². The molecule has 86 valence electrons. The van der Waals surface area contributed by atoms with Crippen LogP contribution >= 0.6 is 11.6 Å². The Morgan fingerprint density at radius 2 is 2.06 bits per heavy atom. The van der Waals surface area contributed by atoms with Crippen LogP contribution in [0.15, 0.2) is 6.07 Å². The first-order valence-electron chi connectivity index (χ1n) is 4.82. The number of ketones is 1. The number of ether oxygens (including phenoxy) is 1. The Kier molecular flexibility index (Phi) is 4.01. The van der Waals surface area contributed by atoms with Gasteiger partial charge in [-0.2, -0.15) is 0 Å². The molecule has 4 nitrogen and oxygen atoms in total. The van der Waals surface area contributed by atoms with Gasteiger partial charge in [-0.1, -0.05) is 11.6 Å². The quantitative estimate of drug-likeness (QED) is 0.463. The van der Waals surface area contributed by atoms with Gasteiger partial charge in [0.2, 0.25) is 0 Å². The fraction of sp³-hybridized carbons (Fsp3) is 0.364. The number of carbonyl (C=O) groups excluding carboxylic acids is 2. The van der Waals surface area contributed by atoms with Crippen molar-refractivity contribution in [3.8, 4) is 0 Å². The third-order valence-electron chi connectivity index (χ3n) is 2.04. The zero-order chi connectivity index (χ0) is 12.3. The first kappa shape index (κ1) is 12.6. The van der Waals surface area contributed by atoms with Crippen LogP contribution in [-0.2, 0) is 4.74 Å². The lowest BCUT2D eigenvalue weighted by molar-refractivity contribution is 0.0525. The molecule has 0 spiro atoms. The maximum atomic E-state index is 11.5. The standard InChI is InChI=1S/C11H12ClNO3/c1-4-16-11(15)8-5-9(7(3)14)10(12)13-6(8)2/h5H,4H2,1-3H3. The van der Waals surface area contributed by atoms with Crippen molar-refractivity contribution in [3.63, 3.8) is 0 Å². The summed E-state index contributed by atoms with van der Waals surface area (Å²) in [6.45, 7) is 4.99. The maximum Gasteiger partial charge on any atom is 0.339 e. The summed E-state index contributed by atoms with van der Waals surface area (Å²) in [7, 11) is 0. The second kappa shape index (κ2) is 5.07. The van der Waals surface area contributed by atoms with E-state index in [1.165, 1.54) is 13.0 Å². The SMILES string of the molecule is CCOC(=O)c1cc(C(C)=O)c(Cl)nc1C. The number of aromatic nitrogens is 1. The Labute approximate surface area is 98.6 Å². The Hall–Kier alpha value is -1.42. The van der Waals surface area contributed by atoms with Crippen LogP contribution in [0.3, 0.4) is 0 Å². The van der Waals surface area contributed by atoms with Gasteiger partial charge in [0.05, 0.1) is 23.4 Å². The van der Waals surface area contributed by atoms with E-state index in [0.29, 0.717) is 5.69 Å². The summed E-state index contributed by atoms with van der Waals surface area (Å²) in [5, 5.41) is 0.109. The number of hydrogen-bond donors (Lipinski definition) is 0. The normalized spacial score (nSPS) is 10.0. The molecule has 0 aliphatic rings. The second-order valence-corrected chi connectivity index (χ2v) is 3.59. The van der Waals surface area contributed by atoms with Crippen molar-refractivity contribution in [1.29, 1.82) is 0 Å². The van der Waals surface area contributed by atoms with E-state index in [1.54, 1.807) is 13.8 Å². The van der Waals surface area contributed by atoms with Gasteiger partial charge in [0.1, 0.15) is 5.15 Å². The molecule has 0 N–H and O–H groups in total. The first-order chi connectivity index (χ1) is 7.47. The van der Waals surface area contributed by atoms with Gasteiger partial charge < -0.3 is 4.74 Å². The highest BCUT2D eigenvalue weighted by molar-refractivity contribution is 6.32. The number of pyridine rings is 1. The van der Waals surface area contributed by atoms with Crippen molar-refractivity contribution in [3.05, 3.63) is 28.0 Å². The fourth-order valence-corrected chi connectivity index (χ4v) is 1.55. The van der Waals surface area contributed by atoms with E-state index in [2.05, 4.69) is 4.98 Å². The predicted octanol–water partition coefficient (Wildman–Crippen LogP) is 2.42. The minimum atomic E-state index is -0.494. The van der Waals surface area contributed by atoms with Crippen molar-refractivity contribution in [2.45, 2.75) is 20.8 Å². The van der Waals surface area contributed by atoms with E-state index in [9.17, 15) is 9.59 Å². The van der Waals surface area contributed by atoms with Gasteiger partial charge in [0.15, 0.2) is 5.78 Å². The second-order valence-electron chi connectivity index (χ2n) is 3.24. The molecular formula is C11H12ClNO3. The molecule has 0 aliphatic heterocycles. The van der Waals surface area contributed by atoms with Gasteiger partial charge in [-0.25, -0.2) is 9.78 Å². The van der Waals surface area contributed by atoms with E-state index < -0.39 is 5.97 Å². The number of carbonyl (C=O) groups is 2. The fourth-order valence-electron chi connectivity index (χ4n) is 1.24. The van der Waals surface area contributed by atoms with Gasteiger partial charge >= 0.3 is 5.97 Å². The topological polar surface area (TPSA) is 56.3 Å². The largest absolute Gasteiger partial charge is 0.462 e. The van der Waals surface area contributed by atoms with Crippen molar-refractivity contribution in [1.82, 2.24) is 4.98 Å². The molecule has 0 atom stereocenters. The molecule has 0 unspecified atom stereocenters. The van der Waals surface area contributed by atoms with Crippen molar-refractivity contribution in [2.75, 3.05) is 6.61 Å². The number of rotatable bonds is 3. The molecule has 0 aromatic carbocycles. The lowest BCUT2D eigenvalue weighted by Gasteiger charge is -2.07. The van der Waals surface area contributed by atoms with Crippen molar-refractivity contribution >= 4 is 23.4 Å². The number of esters is 1. The van der Waals surface area contributed by atoms with E-state index in [4.69, 9.17) is 16.3 Å². The highest BCUT2D eigenvalue weighted by atomic mass is 35.5. The summed E-state index contributed by atoms with van der Waals surface area (Å²) in [6, 6.07) is 1.42. The highest BCUT2D eigenvalue weighted by Gasteiger charge is 2.16. The van der Waals surface area contributed by atoms with Crippen LogP contribution in [0.5, 0.6) is 0 Å². The smallest absolute Gasteiger partial charge is 0.339 e. The summed E-state index contributed by atoms with van der Waals surface area (Å²) in [6.07, 6.45) is 0. The molecule has 0 fully saturated rings. The Bertz CT molecular complexity index is 443. The molecule has 0 amide bonds. The Morgan fingerprint density at radius 3 is 2.56 bits per heavy atom. The molecule has 0 saturated heterocycles. The summed E-state index contributed by atoms with van der Waals surface area (Å²) in [5.41, 5.74) is 0.959. The molecule has 1 heterocycles. The number of nitrogens with zero attached hydrogens (tertiary/aromatic N) is 1. The molecule has 5 heteroatoms. The van der Waals surface area contributed by atoms with E-state index >= 15 is 0 Å². The van der Waals surface area contributed by atoms with Crippen molar-refractivity contribution in [2.24, 2.45) is 0 Å². The third kappa shape index (κ3) is 2.58. The van der Waals surface area contributed by atoms with Gasteiger partial charge in [0.25, 0.3) is 0 Å². The molecule has 0 radical (unpaired) electrons. The van der Waals surface area contributed by atoms with E-state index in [-0.39, 0.29) is 28.7 Å².